The lowest BCUT2D eigenvalue weighted by atomic mass is 10.1. The number of esters is 1. The maximum Gasteiger partial charge on any atom is 0.340 e. The van der Waals surface area contributed by atoms with Crippen LogP contribution in [0.3, 0.4) is 0 Å². The van der Waals surface area contributed by atoms with Crippen LogP contribution in [0.5, 0.6) is 0 Å². The number of nitrogens with zero attached hydrogens (tertiary/aromatic N) is 2. The molecule has 0 bridgehead atoms. The fraction of sp³-hybridized carbons (Fsp3) is 0.316. The third kappa shape index (κ3) is 3.67. The van der Waals surface area contributed by atoms with Gasteiger partial charge in [0.2, 0.25) is 0 Å². The first-order valence-electron chi connectivity index (χ1n) is 8.47. The molecule has 2 amide bonds. The van der Waals surface area contributed by atoms with Crippen molar-refractivity contribution in [2.24, 2.45) is 0 Å². The molecule has 0 spiro atoms. The Labute approximate surface area is 156 Å². The van der Waals surface area contributed by atoms with Crippen LogP contribution in [0.15, 0.2) is 35.4 Å². The number of amides is 2. The molecule has 1 aromatic carbocycles. The Morgan fingerprint density at radius 3 is 2.85 bits per heavy atom. The van der Waals surface area contributed by atoms with Gasteiger partial charge in [-0.3, -0.25) is 4.90 Å². The minimum absolute atomic E-state index is 0.280. The molecular formula is C19H21N3O3S. The maximum absolute atomic E-state index is 12.9. The van der Waals surface area contributed by atoms with Crippen LogP contribution in [0.2, 0.25) is 0 Å². The number of rotatable bonds is 3. The van der Waals surface area contributed by atoms with E-state index in [1.54, 1.807) is 47.9 Å². The Hall–Kier alpha value is -2.54. The van der Waals surface area contributed by atoms with E-state index in [1.807, 2.05) is 19.9 Å². The van der Waals surface area contributed by atoms with Crippen LogP contribution in [0.1, 0.15) is 28.5 Å². The van der Waals surface area contributed by atoms with Crippen LogP contribution >= 0.6 is 11.8 Å². The third-order valence-electron chi connectivity index (χ3n) is 4.01. The summed E-state index contributed by atoms with van der Waals surface area (Å²) in [5, 5.41) is 3.71. The van der Waals surface area contributed by atoms with Crippen molar-refractivity contribution in [3.8, 4) is 0 Å². The van der Waals surface area contributed by atoms with Crippen LogP contribution in [0.4, 0.5) is 16.2 Å². The Morgan fingerprint density at radius 1 is 1.31 bits per heavy atom. The molecule has 1 aromatic heterocycles. The van der Waals surface area contributed by atoms with Crippen molar-refractivity contribution in [2.75, 3.05) is 29.1 Å². The highest BCUT2D eigenvalue weighted by atomic mass is 32.2. The Balaban J connectivity index is 1.88. The summed E-state index contributed by atoms with van der Waals surface area (Å²) in [6.07, 6.45) is 0. The van der Waals surface area contributed by atoms with Crippen molar-refractivity contribution < 1.29 is 14.3 Å². The molecule has 0 atom stereocenters. The largest absolute Gasteiger partial charge is 0.462 e. The number of ether oxygens (including phenoxy) is 1. The smallest absolute Gasteiger partial charge is 0.340 e. The molecule has 3 rings (SSSR count). The highest BCUT2D eigenvalue weighted by Crippen LogP contribution is 2.36. The molecule has 0 fully saturated rings. The fourth-order valence-electron chi connectivity index (χ4n) is 2.93. The van der Waals surface area contributed by atoms with Crippen LogP contribution in [-0.4, -0.2) is 35.9 Å². The van der Waals surface area contributed by atoms with Crippen molar-refractivity contribution in [1.29, 1.82) is 0 Å². The number of carbonyl (C=O) groups excluding carboxylic acids is 2. The number of hydrogen-bond donors (Lipinski definition) is 1. The summed E-state index contributed by atoms with van der Waals surface area (Å²) in [7, 11) is 0. The normalized spacial score (nSPS) is 13.1. The second kappa shape index (κ2) is 7.78. The quantitative estimate of drug-likeness (QED) is 0.825. The van der Waals surface area contributed by atoms with E-state index >= 15 is 0 Å². The molecule has 1 aliphatic heterocycles. The first-order valence-corrected chi connectivity index (χ1v) is 9.45. The SMILES string of the molecule is CCOC(=O)c1ccccc1NC(=O)N1CCSc2nc(C)cc(C)c21. The van der Waals surface area contributed by atoms with Crippen LogP contribution in [0.25, 0.3) is 0 Å². The highest BCUT2D eigenvalue weighted by molar-refractivity contribution is 7.99. The van der Waals surface area contributed by atoms with Gasteiger partial charge in [-0.25, -0.2) is 14.6 Å². The summed E-state index contributed by atoms with van der Waals surface area (Å²) in [5.74, 6) is 0.321. The monoisotopic (exact) mass is 371 g/mol. The predicted molar refractivity (Wildman–Crippen MR) is 103 cm³/mol. The number of aromatic nitrogens is 1. The number of urea groups is 1. The minimum atomic E-state index is -0.452. The van der Waals surface area contributed by atoms with Gasteiger partial charge in [0.05, 0.1) is 23.5 Å². The standard InChI is InChI=1S/C19H21N3O3S/c1-4-25-18(23)14-7-5-6-8-15(14)21-19(24)22-9-10-26-17-16(22)12(2)11-13(3)20-17/h5-8,11H,4,9-10H2,1-3H3,(H,21,24). The first-order chi connectivity index (χ1) is 12.5. The van der Waals surface area contributed by atoms with Gasteiger partial charge in [0.15, 0.2) is 0 Å². The van der Waals surface area contributed by atoms with Gasteiger partial charge in [0.25, 0.3) is 0 Å². The zero-order valence-electron chi connectivity index (χ0n) is 15.0. The number of thioether (sulfide) groups is 1. The van der Waals surface area contributed by atoms with E-state index in [4.69, 9.17) is 4.74 Å². The lowest BCUT2D eigenvalue weighted by Gasteiger charge is -2.30. The van der Waals surface area contributed by atoms with Crippen molar-refractivity contribution in [3.63, 3.8) is 0 Å². The van der Waals surface area contributed by atoms with E-state index in [1.165, 1.54) is 0 Å². The molecule has 0 aliphatic carbocycles. The van der Waals surface area contributed by atoms with E-state index in [0.717, 1.165) is 27.7 Å². The summed E-state index contributed by atoms with van der Waals surface area (Å²) < 4.78 is 5.07. The topological polar surface area (TPSA) is 71.5 Å². The van der Waals surface area contributed by atoms with E-state index in [9.17, 15) is 9.59 Å². The maximum atomic E-state index is 12.9. The van der Waals surface area contributed by atoms with Crippen LogP contribution < -0.4 is 10.2 Å². The number of para-hydroxylation sites is 1. The number of hydrogen-bond acceptors (Lipinski definition) is 5. The molecule has 0 radical (unpaired) electrons. The van der Waals surface area contributed by atoms with Gasteiger partial charge >= 0.3 is 12.0 Å². The lowest BCUT2D eigenvalue weighted by molar-refractivity contribution is 0.0527. The van der Waals surface area contributed by atoms with Crippen LogP contribution in [-0.2, 0) is 4.74 Å². The molecular weight excluding hydrogens is 350 g/mol. The number of nitrogens with one attached hydrogen (secondary N) is 1. The molecule has 2 aromatic rings. The molecule has 1 aliphatic rings. The van der Waals surface area contributed by atoms with Gasteiger partial charge in [0, 0.05) is 18.0 Å². The summed E-state index contributed by atoms with van der Waals surface area (Å²) in [5.41, 5.74) is 3.55. The van der Waals surface area contributed by atoms with Gasteiger partial charge in [0.1, 0.15) is 5.03 Å². The minimum Gasteiger partial charge on any atom is -0.462 e. The molecule has 1 N–H and O–H groups in total. The van der Waals surface area contributed by atoms with Crippen molar-refractivity contribution in [2.45, 2.75) is 25.8 Å². The number of pyridine rings is 1. The van der Waals surface area contributed by atoms with Gasteiger partial charge in [-0.05, 0) is 44.5 Å². The zero-order valence-corrected chi connectivity index (χ0v) is 15.9. The predicted octanol–water partition coefficient (Wildman–Crippen LogP) is 4.02. The van der Waals surface area contributed by atoms with Crippen molar-refractivity contribution >= 4 is 35.1 Å². The third-order valence-corrected chi connectivity index (χ3v) is 4.96. The molecule has 0 saturated carbocycles. The number of anilines is 2. The summed E-state index contributed by atoms with van der Waals surface area (Å²) in [4.78, 5) is 31.3. The van der Waals surface area contributed by atoms with Gasteiger partial charge < -0.3 is 10.1 Å². The van der Waals surface area contributed by atoms with E-state index in [2.05, 4.69) is 10.3 Å². The average molecular weight is 371 g/mol. The molecule has 136 valence electrons. The Bertz CT molecular complexity index is 854. The summed E-state index contributed by atoms with van der Waals surface area (Å²) in [6, 6.07) is 8.54. The number of fused-ring (bicyclic) bond motifs is 1. The molecule has 26 heavy (non-hydrogen) atoms. The number of benzene rings is 1. The van der Waals surface area contributed by atoms with Crippen molar-refractivity contribution in [3.05, 3.63) is 47.2 Å². The average Bonchev–Trinajstić information content (AvgIpc) is 2.61. The first kappa shape index (κ1) is 18.3. The van der Waals surface area contributed by atoms with E-state index < -0.39 is 5.97 Å². The second-order valence-electron chi connectivity index (χ2n) is 5.93. The number of aryl methyl sites for hydroxylation is 2. The Kier molecular flexibility index (Phi) is 5.46. The molecule has 7 heteroatoms. The lowest BCUT2D eigenvalue weighted by Crippen LogP contribution is -2.39. The van der Waals surface area contributed by atoms with Gasteiger partial charge in [-0.2, -0.15) is 0 Å². The van der Waals surface area contributed by atoms with Crippen LogP contribution in [0, 0.1) is 13.8 Å². The fourth-order valence-corrected chi connectivity index (χ4v) is 4.02. The molecule has 0 saturated heterocycles. The molecule has 2 heterocycles. The second-order valence-corrected chi connectivity index (χ2v) is 7.01. The molecule has 0 unspecified atom stereocenters. The molecule has 6 nitrogen and oxygen atoms in total. The van der Waals surface area contributed by atoms with Crippen molar-refractivity contribution in [1.82, 2.24) is 4.98 Å². The highest BCUT2D eigenvalue weighted by Gasteiger charge is 2.27. The zero-order chi connectivity index (χ0) is 18.7. The van der Waals surface area contributed by atoms with Gasteiger partial charge in [-0.1, -0.05) is 12.1 Å². The van der Waals surface area contributed by atoms with Gasteiger partial charge in [-0.15, -0.1) is 11.8 Å². The Morgan fingerprint density at radius 2 is 2.08 bits per heavy atom. The van der Waals surface area contributed by atoms with E-state index in [0.29, 0.717) is 17.8 Å². The van der Waals surface area contributed by atoms with E-state index in [-0.39, 0.29) is 12.6 Å². The summed E-state index contributed by atoms with van der Waals surface area (Å²) in [6.45, 7) is 6.53. The summed E-state index contributed by atoms with van der Waals surface area (Å²) >= 11 is 1.65. The number of carbonyl (C=O) groups is 2.